The summed E-state index contributed by atoms with van der Waals surface area (Å²) in [5, 5.41) is 0. The lowest BCUT2D eigenvalue weighted by Gasteiger charge is -2.16. The van der Waals surface area contributed by atoms with Crippen LogP contribution in [0.15, 0.2) is 0 Å². The third-order valence-electron chi connectivity index (χ3n) is 3.59. The summed E-state index contributed by atoms with van der Waals surface area (Å²) in [5.74, 6) is 0.482. The average Bonchev–Trinajstić information content (AvgIpc) is 2.98. The number of ether oxygens (including phenoxy) is 2. The molecule has 1 aliphatic rings. The van der Waals surface area contributed by atoms with Gasteiger partial charge in [0.25, 0.3) is 0 Å². The van der Waals surface area contributed by atoms with Gasteiger partial charge in [-0.25, -0.2) is 0 Å². The lowest BCUT2D eigenvalue weighted by molar-refractivity contribution is -0.153. The molecule has 0 amide bonds. The standard InChI is InChI=1S/C15H27ClO3/c1-14(2,3)13(17)18-10-8-6-5-7-9-15(4)12(11-16)19-15/h12H,5-11H2,1-4H3. The molecule has 1 rings (SSSR count). The highest BCUT2D eigenvalue weighted by Crippen LogP contribution is 2.41. The Morgan fingerprint density at radius 3 is 2.42 bits per heavy atom. The second kappa shape index (κ2) is 6.94. The smallest absolute Gasteiger partial charge is 0.311 e. The predicted octanol–water partition coefficient (Wildman–Crippen LogP) is 3.92. The number of halogens is 1. The van der Waals surface area contributed by atoms with Gasteiger partial charge in [-0.3, -0.25) is 4.79 Å². The summed E-state index contributed by atoms with van der Waals surface area (Å²) < 4.78 is 10.8. The molecule has 0 aromatic rings. The zero-order valence-electron chi connectivity index (χ0n) is 12.6. The van der Waals surface area contributed by atoms with E-state index >= 15 is 0 Å². The molecule has 2 atom stereocenters. The first-order valence-corrected chi connectivity index (χ1v) is 7.74. The van der Waals surface area contributed by atoms with E-state index in [0.29, 0.717) is 12.5 Å². The molecule has 0 N–H and O–H groups in total. The van der Waals surface area contributed by atoms with Crippen LogP contribution in [0.25, 0.3) is 0 Å². The van der Waals surface area contributed by atoms with Gasteiger partial charge in [0.2, 0.25) is 0 Å². The van der Waals surface area contributed by atoms with Crippen LogP contribution in [0.1, 0.15) is 59.8 Å². The third-order valence-corrected chi connectivity index (χ3v) is 3.87. The van der Waals surface area contributed by atoms with Gasteiger partial charge >= 0.3 is 5.97 Å². The summed E-state index contributed by atoms with van der Waals surface area (Å²) >= 11 is 5.76. The van der Waals surface area contributed by atoms with Crippen LogP contribution in [-0.4, -0.2) is 30.2 Å². The molecule has 1 aliphatic heterocycles. The summed E-state index contributed by atoms with van der Waals surface area (Å²) in [6.07, 6.45) is 5.67. The molecule has 3 nitrogen and oxygen atoms in total. The first kappa shape index (κ1) is 16.8. The molecule has 1 fully saturated rings. The zero-order chi connectivity index (χ0) is 14.5. The van der Waals surface area contributed by atoms with Crippen LogP contribution < -0.4 is 0 Å². The minimum atomic E-state index is -0.394. The van der Waals surface area contributed by atoms with Crippen LogP contribution in [0.5, 0.6) is 0 Å². The van der Waals surface area contributed by atoms with E-state index in [1.54, 1.807) is 0 Å². The number of epoxide rings is 1. The number of esters is 1. The van der Waals surface area contributed by atoms with E-state index in [2.05, 4.69) is 6.92 Å². The van der Waals surface area contributed by atoms with E-state index in [0.717, 1.165) is 32.1 Å². The van der Waals surface area contributed by atoms with Crippen LogP contribution in [0.3, 0.4) is 0 Å². The molecule has 1 heterocycles. The van der Waals surface area contributed by atoms with Crippen molar-refractivity contribution in [2.24, 2.45) is 5.41 Å². The number of rotatable bonds is 8. The molecule has 19 heavy (non-hydrogen) atoms. The van der Waals surface area contributed by atoms with Gasteiger partial charge in [-0.2, -0.15) is 0 Å². The van der Waals surface area contributed by atoms with Gasteiger partial charge in [0.15, 0.2) is 0 Å². The van der Waals surface area contributed by atoms with Crippen molar-refractivity contribution in [3.05, 3.63) is 0 Å². The highest BCUT2D eigenvalue weighted by atomic mass is 35.5. The molecular formula is C15H27ClO3. The lowest BCUT2D eigenvalue weighted by atomic mass is 9.97. The molecule has 0 bridgehead atoms. The number of hydrogen-bond donors (Lipinski definition) is 0. The van der Waals surface area contributed by atoms with E-state index in [4.69, 9.17) is 21.1 Å². The zero-order valence-corrected chi connectivity index (χ0v) is 13.4. The highest BCUT2D eigenvalue weighted by Gasteiger charge is 2.50. The molecule has 0 saturated carbocycles. The topological polar surface area (TPSA) is 38.8 Å². The van der Waals surface area contributed by atoms with Crippen molar-refractivity contribution in [2.75, 3.05) is 12.5 Å². The normalized spacial score (nSPS) is 26.3. The maximum absolute atomic E-state index is 11.5. The molecule has 0 spiro atoms. The Bertz CT molecular complexity index is 298. The molecular weight excluding hydrogens is 264 g/mol. The van der Waals surface area contributed by atoms with Gasteiger partial charge in [-0.1, -0.05) is 19.3 Å². The summed E-state index contributed by atoms with van der Waals surface area (Å²) in [5.41, 5.74) is -0.366. The number of unbranched alkanes of at least 4 members (excludes halogenated alkanes) is 3. The lowest BCUT2D eigenvalue weighted by Crippen LogP contribution is -2.23. The van der Waals surface area contributed by atoms with Gasteiger partial charge in [-0.15, -0.1) is 11.6 Å². The Morgan fingerprint density at radius 1 is 1.26 bits per heavy atom. The van der Waals surface area contributed by atoms with Crippen LogP contribution >= 0.6 is 11.6 Å². The minimum Gasteiger partial charge on any atom is -0.465 e. The molecule has 0 radical (unpaired) electrons. The third kappa shape index (κ3) is 5.70. The van der Waals surface area contributed by atoms with Gasteiger partial charge in [0, 0.05) is 0 Å². The predicted molar refractivity (Wildman–Crippen MR) is 77.5 cm³/mol. The fourth-order valence-electron chi connectivity index (χ4n) is 2.02. The number of hydrogen-bond acceptors (Lipinski definition) is 3. The van der Waals surface area contributed by atoms with E-state index in [-0.39, 0.29) is 17.7 Å². The fraction of sp³-hybridized carbons (Fsp3) is 0.933. The van der Waals surface area contributed by atoms with E-state index in [1.807, 2.05) is 20.8 Å². The van der Waals surface area contributed by atoms with Crippen LogP contribution in [0.4, 0.5) is 0 Å². The summed E-state index contributed by atoms with van der Waals surface area (Å²) in [6, 6.07) is 0. The van der Waals surface area contributed by atoms with E-state index < -0.39 is 5.41 Å². The molecule has 1 saturated heterocycles. The Labute approximate surface area is 122 Å². The monoisotopic (exact) mass is 290 g/mol. The van der Waals surface area contributed by atoms with Crippen LogP contribution in [0, 0.1) is 5.41 Å². The molecule has 0 aliphatic carbocycles. The van der Waals surface area contributed by atoms with Gasteiger partial charge < -0.3 is 9.47 Å². The summed E-state index contributed by atoms with van der Waals surface area (Å²) in [7, 11) is 0. The Morgan fingerprint density at radius 2 is 1.89 bits per heavy atom. The summed E-state index contributed by atoms with van der Waals surface area (Å²) in [6.45, 7) is 8.29. The Kier molecular flexibility index (Phi) is 6.13. The fourth-order valence-corrected chi connectivity index (χ4v) is 2.41. The van der Waals surface area contributed by atoms with Crippen LogP contribution in [0.2, 0.25) is 0 Å². The molecule has 0 aromatic carbocycles. The first-order valence-electron chi connectivity index (χ1n) is 7.20. The van der Waals surface area contributed by atoms with Gasteiger partial charge in [0.1, 0.15) is 6.10 Å². The second-order valence-corrected chi connectivity index (χ2v) is 6.93. The molecule has 2 unspecified atom stereocenters. The Hall–Kier alpha value is -0.280. The minimum absolute atomic E-state index is 0.0282. The van der Waals surface area contributed by atoms with Crippen molar-refractivity contribution in [2.45, 2.75) is 71.5 Å². The average molecular weight is 291 g/mol. The first-order chi connectivity index (χ1) is 8.79. The van der Waals surface area contributed by atoms with Crippen molar-refractivity contribution in [1.29, 1.82) is 0 Å². The SMILES string of the molecule is CC(C)(C)C(=O)OCCCCCCC1(C)OC1CCl. The van der Waals surface area contributed by atoms with Crippen molar-refractivity contribution >= 4 is 17.6 Å². The second-order valence-electron chi connectivity index (χ2n) is 6.62. The van der Waals surface area contributed by atoms with Crippen LogP contribution in [-0.2, 0) is 14.3 Å². The van der Waals surface area contributed by atoms with Crippen molar-refractivity contribution < 1.29 is 14.3 Å². The van der Waals surface area contributed by atoms with Crippen molar-refractivity contribution in [3.63, 3.8) is 0 Å². The largest absolute Gasteiger partial charge is 0.465 e. The van der Waals surface area contributed by atoms with Crippen molar-refractivity contribution in [3.8, 4) is 0 Å². The molecule has 112 valence electrons. The molecule has 0 aromatic heterocycles. The summed E-state index contributed by atoms with van der Waals surface area (Å²) in [4.78, 5) is 11.5. The van der Waals surface area contributed by atoms with E-state index in [9.17, 15) is 4.79 Å². The number of carbonyl (C=O) groups excluding carboxylic acids is 1. The van der Waals surface area contributed by atoms with Gasteiger partial charge in [0.05, 0.1) is 23.5 Å². The quantitative estimate of drug-likeness (QED) is 0.294. The van der Waals surface area contributed by atoms with Crippen molar-refractivity contribution in [1.82, 2.24) is 0 Å². The maximum Gasteiger partial charge on any atom is 0.311 e. The number of carbonyl (C=O) groups is 1. The number of alkyl halides is 1. The Balaban J connectivity index is 1.94. The van der Waals surface area contributed by atoms with Gasteiger partial charge in [-0.05, 0) is 40.5 Å². The highest BCUT2D eigenvalue weighted by molar-refractivity contribution is 6.18. The maximum atomic E-state index is 11.5. The molecule has 4 heteroatoms. The van der Waals surface area contributed by atoms with E-state index in [1.165, 1.54) is 0 Å².